The zero-order valence-electron chi connectivity index (χ0n) is 11.3. The third kappa shape index (κ3) is 2.84. The van der Waals surface area contributed by atoms with Crippen molar-refractivity contribution in [2.24, 2.45) is 0 Å². The molecule has 108 valence electrons. The molecule has 0 fully saturated rings. The first-order valence-corrected chi connectivity index (χ1v) is 6.37. The van der Waals surface area contributed by atoms with Gasteiger partial charge in [-0.3, -0.25) is 10.1 Å². The Labute approximate surface area is 120 Å². The number of benzene rings is 1. The van der Waals surface area contributed by atoms with Crippen molar-refractivity contribution in [1.29, 1.82) is 5.26 Å². The molecule has 0 saturated carbocycles. The first-order chi connectivity index (χ1) is 10.1. The molecule has 0 aliphatic rings. The Kier molecular flexibility index (Phi) is 4.18. The Balaban J connectivity index is 2.40. The number of carbonyl (C=O) groups excluding carboxylic acids is 1. The molecule has 7 nitrogen and oxygen atoms in total. The normalized spacial score (nSPS) is 11.8. The summed E-state index contributed by atoms with van der Waals surface area (Å²) in [5.41, 5.74) is 1.67. The molecule has 0 saturated heterocycles. The molecule has 0 radical (unpaired) electrons. The van der Waals surface area contributed by atoms with Crippen molar-refractivity contribution >= 4 is 16.9 Å². The average Bonchev–Trinajstić information content (AvgIpc) is 2.87. The lowest BCUT2D eigenvalue weighted by atomic mass is 10.0. The first kappa shape index (κ1) is 14.5. The van der Waals surface area contributed by atoms with Crippen LogP contribution in [0.2, 0.25) is 0 Å². The van der Waals surface area contributed by atoms with E-state index >= 15 is 0 Å². The maximum atomic E-state index is 11.7. The summed E-state index contributed by atoms with van der Waals surface area (Å²) in [4.78, 5) is 25.0. The molecule has 7 heteroatoms. The zero-order chi connectivity index (χ0) is 15.4. The predicted octanol–water partition coefficient (Wildman–Crippen LogP) is 1.79. The molecule has 1 atom stereocenters. The highest BCUT2D eigenvalue weighted by atomic mass is 16.6. The molecule has 2 rings (SSSR count). The highest BCUT2D eigenvalue weighted by Gasteiger charge is 2.32. The van der Waals surface area contributed by atoms with E-state index in [0.717, 1.165) is 0 Å². The summed E-state index contributed by atoms with van der Waals surface area (Å²) in [7, 11) is 0. The van der Waals surface area contributed by atoms with Gasteiger partial charge >= 0.3 is 12.0 Å². The quantitative estimate of drug-likeness (QED) is 0.512. The van der Waals surface area contributed by atoms with Gasteiger partial charge in [0, 0.05) is 22.0 Å². The second-order valence-corrected chi connectivity index (χ2v) is 4.41. The van der Waals surface area contributed by atoms with Gasteiger partial charge in [0.05, 0.1) is 24.7 Å². The van der Waals surface area contributed by atoms with Crippen molar-refractivity contribution in [2.45, 2.75) is 19.4 Å². The summed E-state index contributed by atoms with van der Waals surface area (Å²) in [6.45, 7) is 1.68. The van der Waals surface area contributed by atoms with Gasteiger partial charge in [0.15, 0.2) is 0 Å². The van der Waals surface area contributed by atoms with Crippen LogP contribution < -0.4 is 0 Å². The minimum Gasteiger partial charge on any atom is -0.461 e. The van der Waals surface area contributed by atoms with E-state index in [0.29, 0.717) is 22.0 Å². The fraction of sp³-hybridized carbons (Fsp3) is 0.286. The van der Waals surface area contributed by atoms with Crippen LogP contribution >= 0.6 is 0 Å². The number of nitriles is 1. The molecule has 0 aliphatic heterocycles. The van der Waals surface area contributed by atoms with E-state index in [4.69, 9.17) is 10.00 Å². The molecular weight excluding hydrogens is 274 g/mol. The number of rotatable bonds is 5. The topological polar surface area (TPSA) is 109 Å². The Morgan fingerprint density at radius 2 is 2.33 bits per heavy atom. The molecule has 1 heterocycles. The van der Waals surface area contributed by atoms with Crippen molar-refractivity contribution in [2.75, 3.05) is 6.61 Å². The van der Waals surface area contributed by atoms with E-state index in [1.165, 1.54) is 0 Å². The largest absolute Gasteiger partial charge is 0.461 e. The number of hydrogen-bond acceptors (Lipinski definition) is 5. The van der Waals surface area contributed by atoms with Gasteiger partial charge in [-0.25, -0.2) is 4.79 Å². The van der Waals surface area contributed by atoms with Crippen LogP contribution in [0.15, 0.2) is 24.4 Å². The lowest BCUT2D eigenvalue weighted by molar-refractivity contribution is -0.510. The van der Waals surface area contributed by atoms with Crippen LogP contribution in [-0.4, -0.2) is 28.5 Å². The number of carbonyl (C=O) groups is 1. The maximum Gasteiger partial charge on any atom is 0.382 e. The van der Waals surface area contributed by atoms with Crippen molar-refractivity contribution in [3.05, 3.63) is 45.6 Å². The number of H-pyrrole nitrogens is 1. The highest BCUT2D eigenvalue weighted by molar-refractivity contribution is 5.89. The minimum atomic E-state index is -1.48. The number of nitrogens with zero attached hydrogens (tertiary/aromatic N) is 2. The summed E-state index contributed by atoms with van der Waals surface area (Å²) in [6, 6.07) is 5.69. The molecule has 1 unspecified atom stereocenters. The zero-order valence-corrected chi connectivity index (χ0v) is 11.3. The van der Waals surface area contributed by atoms with Gasteiger partial charge in [-0.15, -0.1) is 0 Å². The van der Waals surface area contributed by atoms with Gasteiger partial charge in [0.1, 0.15) is 0 Å². The summed E-state index contributed by atoms with van der Waals surface area (Å²) >= 11 is 0. The van der Waals surface area contributed by atoms with Gasteiger partial charge < -0.3 is 9.72 Å². The number of aromatic nitrogens is 1. The van der Waals surface area contributed by atoms with Gasteiger partial charge in [0.2, 0.25) is 0 Å². The SMILES string of the molecule is CCOC(=O)C(Cc1c[nH]c2cccc(C#N)c12)[N+](=O)[O-]. The van der Waals surface area contributed by atoms with Gasteiger partial charge in [-0.2, -0.15) is 5.26 Å². The van der Waals surface area contributed by atoms with E-state index < -0.39 is 16.9 Å². The van der Waals surface area contributed by atoms with Crippen molar-refractivity contribution in [3.8, 4) is 6.07 Å². The fourth-order valence-electron chi connectivity index (χ4n) is 2.20. The number of fused-ring (bicyclic) bond motifs is 1. The predicted molar refractivity (Wildman–Crippen MR) is 74.1 cm³/mol. The Hall–Kier alpha value is -2.88. The lowest BCUT2D eigenvalue weighted by Crippen LogP contribution is -2.33. The highest BCUT2D eigenvalue weighted by Crippen LogP contribution is 2.24. The molecule has 0 spiro atoms. The molecule has 21 heavy (non-hydrogen) atoms. The standard InChI is InChI=1S/C14H13N3O4/c1-2-21-14(18)12(17(19)20)6-10-8-16-11-5-3-4-9(7-15)13(10)11/h3-5,8,12,16H,2,6H2,1H3. The summed E-state index contributed by atoms with van der Waals surface area (Å²) in [5, 5.41) is 20.8. The number of esters is 1. The van der Waals surface area contributed by atoms with E-state index in [2.05, 4.69) is 4.98 Å². The van der Waals surface area contributed by atoms with E-state index in [1.807, 2.05) is 6.07 Å². The van der Waals surface area contributed by atoms with Crippen LogP contribution in [0.3, 0.4) is 0 Å². The second kappa shape index (κ2) is 6.05. The third-order valence-corrected chi connectivity index (χ3v) is 3.13. The number of aromatic amines is 1. The van der Waals surface area contributed by atoms with Crippen molar-refractivity contribution in [3.63, 3.8) is 0 Å². The molecule has 1 aromatic carbocycles. The smallest absolute Gasteiger partial charge is 0.382 e. The molecular formula is C14H13N3O4. The number of hydrogen-bond donors (Lipinski definition) is 1. The molecule has 0 bridgehead atoms. The molecule has 0 aliphatic carbocycles. The lowest BCUT2D eigenvalue weighted by Gasteiger charge is -2.08. The van der Waals surface area contributed by atoms with Gasteiger partial charge in [0.25, 0.3) is 0 Å². The van der Waals surface area contributed by atoms with E-state index in [9.17, 15) is 14.9 Å². The Morgan fingerprint density at radius 3 is 2.95 bits per heavy atom. The molecule has 0 amide bonds. The number of nitrogens with one attached hydrogen (secondary N) is 1. The third-order valence-electron chi connectivity index (χ3n) is 3.13. The van der Waals surface area contributed by atoms with Crippen LogP contribution in [0.25, 0.3) is 10.9 Å². The van der Waals surface area contributed by atoms with Gasteiger partial charge in [-0.05, 0) is 24.6 Å². The number of nitro groups is 1. The van der Waals surface area contributed by atoms with Crippen LogP contribution in [-0.2, 0) is 16.0 Å². The van der Waals surface area contributed by atoms with E-state index in [-0.39, 0.29) is 13.0 Å². The molecule has 2 aromatic rings. The summed E-state index contributed by atoms with van der Waals surface area (Å²) in [6.07, 6.45) is 1.46. The van der Waals surface area contributed by atoms with E-state index in [1.54, 1.807) is 31.3 Å². The van der Waals surface area contributed by atoms with Crippen LogP contribution in [0.4, 0.5) is 0 Å². The molecule has 1 N–H and O–H groups in total. The average molecular weight is 287 g/mol. The maximum absolute atomic E-state index is 11.7. The Morgan fingerprint density at radius 1 is 1.57 bits per heavy atom. The minimum absolute atomic E-state index is 0.0838. The number of ether oxygens (including phenoxy) is 1. The van der Waals surface area contributed by atoms with Gasteiger partial charge in [-0.1, -0.05) is 6.07 Å². The Bertz CT molecular complexity index is 729. The first-order valence-electron chi connectivity index (χ1n) is 6.37. The fourth-order valence-corrected chi connectivity index (χ4v) is 2.20. The summed E-state index contributed by atoms with van der Waals surface area (Å²) in [5.74, 6) is -0.869. The van der Waals surface area contributed by atoms with Crippen molar-refractivity contribution in [1.82, 2.24) is 4.98 Å². The molecule has 1 aromatic heterocycles. The van der Waals surface area contributed by atoms with Crippen LogP contribution in [0.1, 0.15) is 18.1 Å². The van der Waals surface area contributed by atoms with Crippen LogP contribution in [0, 0.1) is 21.4 Å². The summed E-state index contributed by atoms with van der Waals surface area (Å²) < 4.78 is 4.73. The second-order valence-electron chi connectivity index (χ2n) is 4.41. The van der Waals surface area contributed by atoms with Crippen LogP contribution in [0.5, 0.6) is 0 Å². The van der Waals surface area contributed by atoms with Crippen molar-refractivity contribution < 1.29 is 14.5 Å². The monoisotopic (exact) mass is 287 g/mol.